The fourth-order valence-corrected chi connectivity index (χ4v) is 0.889. The maximum absolute atomic E-state index is 12.6. The van der Waals surface area contributed by atoms with Crippen LogP contribution < -0.4 is 5.73 Å². The summed E-state index contributed by atoms with van der Waals surface area (Å²) in [5, 5.41) is 10.3. The van der Waals surface area contributed by atoms with Gasteiger partial charge in [0.25, 0.3) is 6.43 Å². The number of nitrogens with one attached hydrogen (secondary N) is 1. The Hall–Kier alpha value is -2.05. The van der Waals surface area contributed by atoms with Crippen LogP contribution in [0.2, 0.25) is 0 Å². The molecule has 0 aromatic rings. The van der Waals surface area contributed by atoms with E-state index in [4.69, 9.17) is 16.0 Å². The maximum atomic E-state index is 12.6. The van der Waals surface area contributed by atoms with Crippen LogP contribution in [-0.4, -0.2) is 24.7 Å². The lowest BCUT2D eigenvalue weighted by atomic mass is 10.1. The van der Waals surface area contributed by atoms with Gasteiger partial charge >= 0.3 is 0 Å². The number of allylic oxidation sites excluding steroid dienone is 3. The Kier molecular flexibility index (Phi) is 7.16. The van der Waals surface area contributed by atoms with E-state index in [1.807, 2.05) is 0 Å². The fourth-order valence-electron chi connectivity index (χ4n) is 0.889. The van der Waals surface area contributed by atoms with Gasteiger partial charge < -0.3 is 10.6 Å². The Balaban J connectivity index is 5.13. The van der Waals surface area contributed by atoms with Crippen molar-refractivity contribution in [3.63, 3.8) is 0 Å². The second-order valence-electron chi connectivity index (χ2n) is 2.78. The molecule has 7 heteroatoms. The van der Waals surface area contributed by atoms with Crippen LogP contribution in [0.1, 0.15) is 13.8 Å². The molecule has 0 bridgehead atoms. The summed E-state index contributed by atoms with van der Waals surface area (Å²) in [6, 6.07) is 0. The molecular formula is C10H14F2N4O. The predicted octanol–water partition coefficient (Wildman–Crippen LogP) is 2.07. The van der Waals surface area contributed by atoms with E-state index in [1.54, 1.807) is 6.92 Å². The molecule has 0 fully saturated rings. The van der Waals surface area contributed by atoms with E-state index < -0.39 is 12.0 Å². The van der Waals surface area contributed by atoms with Crippen molar-refractivity contribution < 1.29 is 13.6 Å². The van der Waals surface area contributed by atoms with E-state index in [-0.39, 0.29) is 11.5 Å². The fraction of sp³-hybridized carbons (Fsp3) is 0.300. The summed E-state index contributed by atoms with van der Waals surface area (Å²) >= 11 is 0. The van der Waals surface area contributed by atoms with Gasteiger partial charge in [0, 0.05) is 18.5 Å². The summed E-state index contributed by atoms with van der Waals surface area (Å²) in [6.45, 7) is 3.16. The molecule has 0 aliphatic carbocycles. The zero-order chi connectivity index (χ0) is 13.3. The van der Waals surface area contributed by atoms with Crippen molar-refractivity contribution in [1.29, 1.82) is 5.41 Å². The molecular weight excluding hydrogens is 230 g/mol. The average molecular weight is 244 g/mol. The molecule has 17 heavy (non-hydrogen) atoms. The normalized spacial score (nSPS) is 14.5. The van der Waals surface area contributed by atoms with Crippen molar-refractivity contribution in [2.24, 2.45) is 15.9 Å². The monoisotopic (exact) mass is 244 g/mol. The van der Waals surface area contributed by atoms with Crippen molar-refractivity contribution in [3.05, 3.63) is 23.6 Å². The summed E-state index contributed by atoms with van der Waals surface area (Å²) in [5.74, 6) is 0.253. The largest absolute Gasteiger partial charge is 0.404 e. The molecule has 0 aromatic carbocycles. The van der Waals surface area contributed by atoms with E-state index in [1.165, 1.54) is 19.2 Å². The molecule has 0 amide bonds. The quantitative estimate of drug-likeness (QED) is 0.324. The van der Waals surface area contributed by atoms with Crippen LogP contribution in [0.4, 0.5) is 8.78 Å². The molecule has 0 spiro atoms. The third kappa shape index (κ3) is 5.55. The zero-order valence-electron chi connectivity index (χ0n) is 9.52. The molecule has 0 radical (unpaired) electrons. The Bertz CT molecular complexity index is 373. The van der Waals surface area contributed by atoms with E-state index >= 15 is 0 Å². The van der Waals surface area contributed by atoms with Crippen molar-refractivity contribution in [3.8, 4) is 0 Å². The van der Waals surface area contributed by atoms with Crippen molar-refractivity contribution >= 4 is 18.3 Å². The second-order valence-corrected chi connectivity index (χ2v) is 2.78. The second kappa shape index (κ2) is 8.14. The smallest absolute Gasteiger partial charge is 0.267 e. The van der Waals surface area contributed by atoms with E-state index in [9.17, 15) is 8.78 Å². The maximum Gasteiger partial charge on any atom is 0.267 e. The minimum Gasteiger partial charge on any atom is -0.404 e. The predicted molar refractivity (Wildman–Crippen MR) is 63.5 cm³/mol. The molecule has 0 atom stereocenters. The molecule has 0 rings (SSSR count). The minimum atomic E-state index is -2.78. The van der Waals surface area contributed by atoms with Crippen LogP contribution in [-0.2, 0) is 4.84 Å². The van der Waals surface area contributed by atoms with Crippen molar-refractivity contribution in [1.82, 2.24) is 0 Å². The Morgan fingerprint density at radius 1 is 1.47 bits per heavy atom. The topological polar surface area (TPSA) is 83.8 Å². The summed E-state index contributed by atoms with van der Waals surface area (Å²) in [6.07, 6.45) is 1.24. The summed E-state index contributed by atoms with van der Waals surface area (Å²) in [4.78, 5) is 8.29. The third-order valence-corrected chi connectivity index (χ3v) is 1.56. The van der Waals surface area contributed by atoms with Gasteiger partial charge in [-0.1, -0.05) is 5.16 Å². The van der Waals surface area contributed by atoms with Crippen LogP contribution in [0.3, 0.4) is 0 Å². The van der Waals surface area contributed by atoms with Gasteiger partial charge in [-0.25, -0.2) is 13.8 Å². The molecule has 3 N–H and O–H groups in total. The molecule has 0 unspecified atom stereocenters. The number of nitrogens with zero attached hydrogens (tertiary/aromatic N) is 2. The Labute approximate surface area is 97.9 Å². The highest BCUT2D eigenvalue weighted by molar-refractivity contribution is 6.11. The lowest BCUT2D eigenvalue weighted by molar-refractivity contribution is 0.196. The first-order chi connectivity index (χ1) is 8.06. The molecule has 0 heterocycles. The first kappa shape index (κ1) is 14.9. The van der Waals surface area contributed by atoms with Gasteiger partial charge in [0.15, 0.2) is 0 Å². The van der Waals surface area contributed by atoms with Crippen molar-refractivity contribution in [2.75, 3.05) is 0 Å². The van der Waals surface area contributed by atoms with Crippen LogP contribution in [0.25, 0.3) is 0 Å². The third-order valence-electron chi connectivity index (χ3n) is 1.56. The number of oxime groups is 1. The van der Waals surface area contributed by atoms with Crippen LogP contribution >= 0.6 is 0 Å². The van der Waals surface area contributed by atoms with E-state index in [0.29, 0.717) is 6.34 Å². The van der Waals surface area contributed by atoms with Crippen LogP contribution in [0.5, 0.6) is 0 Å². The zero-order valence-corrected chi connectivity index (χ0v) is 9.52. The van der Waals surface area contributed by atoms with Gasteiger partial charge in [0.2, 0.25) is 0 Å². The summed E-state index contributed by atoms with van der Waals surface area (Å²) < 4.78 is 25.1. The molecule has 5 nitrogen and oxygen atoms in total. The molecule has 0 saturated heterocycles. The lowest BCUT2D eigenvalue weighted by Crippen LogP contribution is -2.11. The average Bonchev–Trinajstić information content (AvgIpc) is 2.27. The number of rotatable bonds is 6. The molecule has 0 aliphatic rings. The Morgan fingerprint density at radius 3 is 2.53 bits per heavy atom. The molecule has 0 aliphatic heterocycles. The van der Waals surface area contributed by atoms with Gasteiger partial charge in [0.1, 0.15) is 12.1 Å². The van der Waals surface area contributed by atoms with Gasteiger partial charge in [-0.2, -0.15) is 0 Å². The molecule has 0 aromatic heterocycles. The Morgan fingerprint density at radius 2 is 2.12 bits per heavy atom. The number of alkyl halides is 2. The number of aliphatic imine (C=N–C) groups is 1. The van der Waals surface area contributed by atoms with E-state index in [2.05, 4.69) is 10.1 Å². The first-order valence-corrected chi connectivity index (χ1v) is 4.67. The van der Waals surface area contributed by atoms with Gasteiger partial charge in [-0.3, -0.25) is 5.41 Å². The lowest BCUT2D eigenvalue weighted by Gasteiger charge is -2.05. The summed E-state index contributed by atoms with van der Waals surface area (Å²) in [7, 11) is 0. The van der Waals surface area contributed by atoms with Gasteiger partial charge in [0.05, 0.1) is 11.3 Å². The van der Waals surface area contributed by atoms with Crippen molar-refractivity contribution in [2.45, 2.75) is 20.3 Å². The standard InChI is InChI=1S/C10H14F2N4O/c1-3-16-17-7(2)4-9(15-6-14)8(5-13)10(11)12/h3-6,10,14H,13H2,1-2H3/b7-4+,8-5-,14-6?,15-9?,16-3+. The van der Waals surface area contributed by atoms with Crippen LogP contribution in [0.15, 0.2) is 33.8 Å². The SMILES string of the molecule is C/C=N/O/C(C)=C/C(=NC=N)/C(=C/N)C(F)F. The van der Waals surface area contributed by atoms with Gasteiger partial charge in [-0.05, 0) is 13.8 Å². The molecule has 94 valence electrons. The first-order valence-electron chi connectivity index (χ1n) is 4.67. The number of nitrogens with two attached hydrogens (primary N) is 1. The number of hydrogen-bond acceptors (Lipinski definition) is 4. The summed E-state index contributed by atoms with van der Waals surface area (Å²) in [5.41, 5.74) is 4.47. The highest BCUT2D eigenvalue weighted by atomic mass is 19.3. The molecule has 0 saturated carbocycles. The van der Waals surface area contributed by atoms with Gasteiger partial charge in [-0.15, -0.1) is 0 Å². The number of halogens is 2. The minimum absolute atomic E-state index is 0.138. The van der Waals surface area contributed by atoms with E-state index in [0.717, 1.165) is 6.20 Å². The highest BCUT2D eigenvalue weighted by Gasteiger charge is 2.16. The number of hydrogen-bond donors (Lipinski definition) is 2. The highest BCUT2D eigenvalue weighted by Crippen LogP contribution is 2.12. The van der Waals surface area contributed by atoms with Crippen LogP contribution in [0, 0.1) is 5.41 Å².